The van der Waals surface area contributed by atoms with Crippen LogP contribution in [0.4, 0.5) is 0 Å². The Bertz CT molecular complexity index is 502. The molecule has 3 nitrogen and oxygen atoms in total. The van der Waals surface area contributed by atoms with Gasteiger partial charge in [0, 0.05) is 32.1 Å². The van der Waals surface area contributed by atoms with Crippen LogP contribution in [0.5, 0.6) is 0 Å². The van der Waals surface area contributed by atoms with E-state index in [1.54, 1.807) is 0 Å². The zero-order chi connectivity index (χ0) is 14.8. The van der Waals surface area contributed by atoms with Crippen molar-refractivity contribution in [3.63, 3.8) is 0 Å². The molecule has 2 heterocycles. The molecule has 2 saturated heterocycles. The topological polar surface area (TPSA) is 32.3 Å². The lowest BCUT2D eigenvalue weighted by atomic mass is 9.89. The van der Waals surface area contributed by atoms with Crippen molar-refractivity contribution in [2.24, 2.45) is 5.92 Å². The Balaban J connectivity index is 1.54. The minimum Gasteiger partial charge on any atom is -0.341 e. The molecule has 2 fully saturated rings. The second kappa shape index (κ2) is 6.18. The van der Waals surface area contributed by atoms with E-state index in [4.69, 9.17) is 0 Å². The molecule has 2 atom stereocenters. The van der Waals surface area contributed by atoms with Gasteiger partial charge < -0.3 is 10.2 Å². The Kier molecular flexibility index (Phi) is 4.29. The molecule has 3 heteroatoms. The Morgan fingerprint density at radius 1 is 1.24 bits per heavy atom. The highest BCUT2D eigenvalue weighted by molar-refractivity contribution is 5.76. The number of carbonyl (C=O) groups excluding carboxylic acids is 1. The first-order valence-electron chi connectivity index (χ1n) is 8.16. The van der Waals surface area contributed by atoms with Crippen LogP contribution in [0.1, 0.15) is 43.2 Å². The number of aryl methyl sites for hydroxylation is 1. The van der Waals surface area contributed by atoms with E-state index in [2.05, 4.69) is 24.4 Å². The smallest absolute Gasteiger partial charge is 0.222 e. The van der Waals surface area contributed by atoms with Crippen molar-refractivity contribution in [2.45, 2.75) is 57.7 Å². The second-order valence-electron chi connectivity index (χ2n) is 6.86. The highest BCUT2D eigenvalue weighted by Crippen LogP contribution is 2.33. The molecule has 2 bridgehead atoms. The third-order valence-corrected chi connectivity index (χ3v) is 5.13. The number of piperidine rings is 1. The lowest BCUT2D eigenvalue weighted by molar-refractivity contribution is -0.131. The fourth-order valence-electron chi connectivity index (χ4n) is 3.88. The largest absolute Gasteiger partial charge is 0.341 e. The normalized spacial score (nSPS) is 27.6. The molecule has 0 radical (unpaired) electrons. The third kappa shape index (κ3) is 3.46. The number of rotatable bonds is 4. The number of amides is 1. The average Bonchev–Trinajstić information content (AvgIpc) is 2.80. The van der Waals surface area contributed by atoms with Gasteiger partial charge in [0.2, 0.25) is 5.91 Å². The van der Waals surface area contributed by atoms with E-state index >= 15 is 0 Å². The summed E-state index contributed by atoms with van der Waals surface area (Å²) in [7, 11) is 1.93. The molecule has 21 heavy (non-hydrogen) atoms. The van der Waals surface area contributed by atoms with Gasteiger partial charge in [-0.2, -0.15) is 0 Å². The van der Waals surface area contributed by atoms with Gasteiger partial charge in [0.05, 0.1) is 0 Å². The Morgan fingerprint density at radius 3 is 2.57 bits per heavy atom. The van der Waals surface area contributed by atoms with Gasteiger partial charge >= 0.3 is 0 Å². The van der Waals surface area contributed by atoms with Gasteiger partial charge in [0.15, 0.2) is 0 Å². The van der Waals surface area contributed by atoms with Crippen molar-refractivity contribution >= 4 is 5.91 Å². The van der Waals surface area contributed by atoms with Crippen LogP contribution in [0.25, 0.3) is 0 Å². The molecule has 0 saturated carbocycles. The minimum atomic E-state index is 0.296. The van der Waals surface area contributed by atoms with Gasteiger partial charge in [-0.3, -0.25) is 4.79 Å². The zero-order valence-electron chi connectivity index (χ0n) is 13.1. The van der Waals surface area contributed by atoms with Crippen molar-refractivity contribution < 1.29 is 4.79 Å². The SMILES string of the molecule is Cc1ccccc1CN(C)C(=O)CC1CC2CCC(C1)N2. The van der Waals surface area contributed by atoms with Crippen LogP contribution in [0.15, 0.2) is 24.3 Å². The first kappa shape index (κ1) is 14.6. The van der Waals surface area contributed by atoms with Gasteiger partial charge in [0.25, 0.3) is 0 Å². The van der Waals surface area contributed by atoms with E-state index in [1.165, 1.54) is 36.8 Å². The predicted octanol–water partition coefficient (Wildman–Crippen LogP) is 2.87. The highest BCUT2D eigenvalue weighted by atomic mass is 16.2. The summed E-state index contributed by atoms with van der Waals surface area (Å²) in [5.74, 6) is 0.875. The Morgan fingerprint density at radius 2 is 1.90 bits per heavy atom. The third-order valence-electron chi connectivity index (χ3n) is 5.13. The van der Waals surface area contributed by atoms with E-state index in [0.29, 0.717) is 23.9 Å². The van der Waals surface area contributed by atoms with Gasteiger partial charge in [0.1, 0.15) is 0 Å². The number of fused-ring (bicyclic) bond motifs is 2. The van der Waals surface area contributed by atoms with Gasteiger partial charge in [-0.25, -0.2) is 0 Å². The van der Waals surface area contributed by atoms with Crippen molar-refractivity contribution in [3.05, 3.63) is 35.4 Å². The molecule has 0 aliphatic carbocycles. The number of benzene rings is 1. The maximum Gasteiger partial charge on any atom is 0.222 e. The lowest BCUT2D eigenvalue weighted by Crippen LogP contribution is -2.39. The van der Waals surface area contributed by atoms with E-state index in [1.807, 2.05) is 24.1 Å². The summed E-state index contributed by atoms with van der Waals surface area (Å²) in [5, 5.41) is 3.65. The molecule has 1 aromatic carbocycles. The monoisotopic (exact) mass is 286 g/mol. The average molecular weight is 286 g/mol. The summed E-state index contributed by atoms with van der Waals surface area (Å²) in [6.45, 7) is 2.83. The highest BCUT2D eigenvalue weighted by Gasteiger charge is 2.34. The zero-order valence-corrected chi connectivity index (χ0v) is 13.1. The number of nitrogens with zero attached hydrogens (tertiary/aromatic N) is 1. The second-order valence-corrected chi connectivity index (χ2v) is 6.86. The molecule has 2 aliphatic rings. The van der Waals surface area contributed by atoms with Crippen LogP contribution in [0, 0.1) is 12.8 Å². The lowest BCUT2D eigenvalue weighted by Gasteiger charge is -2.30. The fraction of sp³-hybridized carbons (Fsp3) is 0.611. The van der Waals surface area contributed by atoms with Crippen LogP contribution in [-0.4, -0.2) is 29.9 Å². The summed E-state index contributed by atoms with van der Waals surface area (Å²) >= 11 is 0. The first-order chi connectivity index (χ1) is 10.1. The summed E-state index contributed by atoms with van der Waals surface area (Å²) in [4.78, 5) is 14.4. The van der Waals surface area contributed by atoms with Crippen LogP contribution < -0.4 is 5.32 Å². The van der Waals surface area contributed by atoms with E-state index < -0.39 is 0 Å². The number of hydrogen-bond acceptors (Lipinski definition) is 2. The molecule has 0 aromatic heterocycles. The van der Waals surface area contributed by atoms with Crippen LogP contribution >= 0.6 is 0 Å². The number of hydrogen-bond donors (Lipinski definition) is 1. The maximum absolute atomic E-state index is 12.5. The summed E-state index contributed by atoms with van der Waals surface area (Å²) in [6, 6.07) is 9.66. The molecular weight excluding hydrogens is 260 g/mol. The van der Waals surface area contributed by atoms with Crippen LogP contribution in [-0.2, 0) is 11.3 Å². The Labute approximate surface area is 127 Å². The maximum atomic E-state index is 12.5. The summed E-state index contributed by atoms with van der Waals surface area (Å²) < 4.78 is 0. The number of carbonyl (C=O) groups is 1. The van der Waals surface area contributed by atoms with E-state index in [0.717, 1.165) is 13.0 Å². The standard InChI is InChI=1S/C18H26N2O/c1-13-5-3-4-6-15(13)12-20(2)18(21)11-14-9-16-7-8-17(10-14)19-16/h3-6,14,16-17,19H,7-12H2,1-2H3. The molecule has 2 aliphatic heterocycles. The van der Waals surface area contributed by atoms with E-state index in [9.17, 15) is 4.79 Å². The minimum absolute atomic E-state index is 0.296. The summed E-state index contributed by atoms with van der Waals surface area (Å²) in [5.41, 5.74) is 2.51. The van der Waals surface area contributed by atoms with Crippen molar-refractivity contribution in [2.75, 3.05) is 7.05 Å². The van der Waals surface area contributed by atoms with Crippen LogP contribution in [0.2, 0.25) is 0 Å². The quantitative estimate of drug-likeness (QED) is 0.923. The molecule has 2 unspecified atom stereocenters. The first-order valence-corrected chi connectivity index (χ1v) is 8.16. The van der Waals surface area contributed by atoms with Gasteiger partial charge in [-0.15, -0.1) is 0 Å². The predicted molar refractivity (Wildman–Crippen MR) is 84.9 cm³/mol. The summed E-state index contributed by atoms with van der Waals surface area (Å²) in [6.07, 6.45) is 5.68. The fourth-order valence-corrected chi connectivity index (χ4v) is 3.88. The molecule has 1 N–H and O–H groups in total. The molecule has 1 aromatic rings. The number of nitrogens with one attached hydrogen (secondary N) is 1. The Hall–Kier alpha value is -1.35. The molecule has 114 valence electrons. The van der Waals surface area contributed by atoms with Gasteiger partial charge in [-0.05, 0) is 49.7 Å². The molecule has 0 spiro atoms. The van der Waals surface area contributed by atoms with Crippen molar-refractivity contribution in [1.29, 1.82) is 0 Å². The molecule has 1 amide bonds. The molecular formula is C18H26N2O. The van der Waals surface area contributed by atoms with E-state index in [-0.39, 0.29) is 0 Å². The van der Waals surface area contributed by atoms with Crippen LogP contribution in [0.3, 0.4) is 0 Å². The molecule has 3 rings (SSSR count). The van der Waals surface area contributed by atoms with Gasteiger partial charge in [-0.1, -0.05) is 24.3 Å². The van der Waals surface area contributed by atoms with Crippen molar-refractivity contribution in [3.8, 4) is 0 Å². The van der Waals surface area contributed by atoms with Crippen molar-refractivity contribution in [1.82, 2.24) is 10.2 Å².